The number of nitrogens with zero attached hydrogens (tertiary/aromatic N) is 2. The highest BCUT2D eigenvalue weighted by molar-refractivity contribution is 8.03. The topological polar surface area (TPSA) is 36.6 Å². The number of thioether (sulfide) groups is 1. The first-order valence-electron chi connectivity index (χ1n) is 11.4. The van der Waals surface area contributed by atoms with Crippen molar-refractivity contribution < 1.29 is 14.7 Å². The number of hydrogen-bond donors (Lipinski definition) is 1. The summed E-state index contributed by atoms with van der Waals surface area (Å²) in [5.74, 6) is 0.178. The van der Waals surface area contributed by atoms with E-state index in [4.69, 9.17) is 5.26 Å². The summed E-state index contributed by atoms with van der Waals surface area (Å²) in [5.41, 5.74) is 7.74. The molecule has 0 saturated carbocycles. The molecular formula is C28H25N2O2S+. The molecule has 1 aliphatic carbocycles. The van der Waals surface area contributed by atoms with Gasteiger partial charge in [0.1, 0.15) is 0 Å². The molecule has 2 aliphatic heterocycles. The minimum atomic E-state index is 0.178. The lowest BCUT2D eigenvalue weighted by Gasteiger charge is -2.17. The molecule has 0 fully saturated rings. The van der Waals surface area contributed by atoms with Gasteiger partial charge in [0.25, 0.3) is 0 Å². The number of fused-ring (bicyclic) bond motifs is 1. The van der Waals surface area contributed by atoms with E-state index in [9.17, 15) is 0 Å². The van der Waals surface area contributed by atoms with Gasteiger partial charge in [-0.2, -0.15) is 5.26 Å². The first kappa shape index (κ1) is 20.3. The first-order valence-corrected chi connectivity index (χ1v) is 12.2. The Morgan fingerprint density at radius 3 is 2.88 bits per heavy atom. The molecule has 0 radical (unpaired) electrons. The van der Waals surface area contributed by atoms with Crippen molar-refractivity contribution in [2.24, 2.45) is 0 Å². The van der Waals surface area contributed by atoms with Crippen molar-refractivity contribution in [1.29, 1.82) is 0 Å². The van der Waals surface area contributed by atoms with E-state index in [1.807, 2.05) is 36.2 Å². The number of anilines is 1. The lowest BCUT2D eigenvalue weighted by atomic mass is 9.93. The Morgan fingerprint density at radius 2 is 1.97 bits per heavy atom. The number of allylic oxidation sites excluding steroid dienone is 4. The van der Waals surface area contributed by atoms with Gasteiger partial charge in [0, 0.05) is 30.2 Å². The monoisotopic (exact) mass is 453 g/mol. The Kier molecular flexibility index (Phi) is 5.08. The van der Waals surface area contributed by atoms with Crippen molar-refractivity contribution in [3.8, 4) is 0 Å². The maximum Gasteiger partial charge on any atom is 0.398 e. The minimum Gasteiger partial charge on any atom is -0.334 e. The van der Waals surface area contributed by atoms with Crippen LogP contribution >= 0.6 is 11.8 Å². The summed E-state index contributed by atoms with van der Waals surface area (Å²) in [5, 5.41) is 11.5. The maximum absolute atomic E-state index is 9.07. The third-order valence-corrected chi connectivity index (χ3v) is 7.74. The normalized spacial score (nSPS) is 19.3. The molecular weight excluding hydrogens is 428 g/mol. The molecule has 1 aromatic heterocycles. The van der Waals surface area contributed by atoms with Gasteiger partial charge in [-0.3, -0.25) is 4.89 Å². The van der Waals surface area contributed by atoms with Crippen LogP contribution in [0, 0.1) is 0 Å². The standard InChI is InChI=1S/C28H24N2O2S/c1-19(32-31)29-14-13-23(24-9-2-3-10-25(24)29)17-20-6-4-7-21(16-20)18-27-30-15-12-22-8-5-11-26(33-27)28(22)30/h2-3,5,8-11,13-14,16-18H,1,4,6-7,12,15H2/p+1. The number of hydrogen-bond acceptors (Lipinski definition) is 4. The fraction of sp³-hybridized carbons (Fsp3) is 0.179. The lowest BCUT2D eigenvalue weighted by Crippen LogP contribution is -2.33. The van der Waals surface area contributed by atoms with Crippen LogP contribution in [0.15, 0.2) is 94.5 Å². The molecule has 0 unspecified atom stereocenters. The van der Waals surface area contributed by atoms with E-state index in [2.05, 4.69) is 64.9 Å². The third kappa shape index (κ3) is 3.58. The smallest absolute Gasteiger partial charge is 0.334 e. The van der Waals surface area contributed by atoms with Crippen LogP contribution in [0.2, 0.25) is 0 Å². The molecule has 3 heterocycles. The molecule has 0 bridgehead atoms. The zero-order valence-corrected chi connectivity index (χ0v) is 19.1. The molecule has 4 nitrogen and oxygen atoms in total. The average molecular weight is 454 g/mol. The van der Waals surface area contributed by atoms with E-state index in [0.717, 1.165) is 48.7 Å². The molecule has 6 rings (SSSR count). The number of benzene rings is 2. The molecule has 0 atom stereocenters. The van der Waals surface area contributed by atoms with E-state index in [1.54, 1.807) is 4.57 Å². The molecule has 3 aromatic rings. The van der Waals surface area contributed by atoms with Gasteiger partial charge in [-0.05, 0) is 66.2 Å². The third-order valence-electron chi connectivity index (χ3n) is 6.64. The molecule has 33 heavy (non-hydrogen) atoms. The fourth-order valence-corrected chi connectivity index (χ4v) is 6.32. The van der Waals surface area contributed by atoms with Crippen LogP contribution in [0.5, 0.6) is 0 Å². The van der Waals surface area contributed by atoms with Gasteiger partial charge >= 0.3 is 5.88 Å². The Morgan fingerprint density at radius 1 is 1.06 bits per heavy atom. The van der Waals surface area contributed by atoms with Gasteiger partial charge in [-0.15, -0.1) is 4.57 Å². The second-order valence-corrected chi connectivity index (χ2v) is 9.75. The Labute approximate surface area is 197 Å². The highest BCUT2D eigenvalue weighted by atomic mass is 32.2. The molecule has 0 saturated heterocycles. The van der Waals surface area contributed by atoms with Gasteiger partial charge in [-0.1, -0.05) is 48.2 Å². The lowest BCUT2D eigenvalue weighted by molar-refractivity contribution is -0.589. The molecule has 164 valence electrons. The van der Waals surface area contributed by atoms with Crippen molar-refractivity contribution in [3.05, 3.63) is 101 Å². The van der Waals surface area contributed by atoms with Gasteiger partial charge < -0.3 is 4.90 Å². The fourth-order valence-electron chi connectivity index (χ4n) is 5.10. The summed E-state index contributed by atoms with van der Waals surface area (Å²) in [6, 6.07) is 16.9. The Bertz CT molecular complexity index is 1390. The van der Waals surface area contributed by atoms with Crippen LogP contribution in [0.1, 0.15) is 30.4 Å². The number of para-hydroxylation sites is 2. The van der Waals surface area contributed by atoms with Crippen LogP contribution in [-0.2, 0) is 11.3 Å². The van der Waals surface area contributed by atoms with Gasteiger partial charge in [0.05, 0.1) is 16.1 Å². The molecule has 0 spiro atoms. The number of rotatable bonds is 4. The molecule has 3 aliphatic rings. The van der Waals surface area contributed by atoms with Crippen LogP contribution in [0.3, 0.4) is 0 Å². The summed E-state index contributed by atoms with van der Waals surface area (Å²) in [7, 11) is 0. The van der Waals surface area contributed by atoms with E-state index in [1.165, 1.54) is 32.3 Å². The average Bonchev–Trinajstić information content (AvgIpc) is 3.44. The second-order valence-electron chi connectivity index (χ2n) is 8.69. The molecule has 5 heteroatoms. The molecule has 2 aromatic carbocycles. The predicted molar refractivity (Wildman–Crippen MR) is 135 cm³/mol. The second kappa shape index (κ2) is 8.25. The van der Waals surface area contributed by atoms with E-state index in [-0.39, 0.29) is 5.88 Å². The predicted octanol–water partition coefficient (Wildman–Crippen LogP) is 6.55. The van der Waals surface area contributed by atoms with Gasteiger partial charge in [0.2, 0.25) is 5.52 Å². The zero-order valence-electron chi connectivity index (χ0n) is 18.3. The van der Waals surface area contributed by atoms with Crippen LogP contribution in [0.4, 0.5) is 5.69 Å². The van der Waals surface area contributed by atoms with Crippen molar-refractivity contribution >= 4 is 40.3 Å². The van der Waals surface area contributed by atoms with E-state index < -0.39 is 0 Å². The summed E-state index contributed by atoms with van der Waals surface area (Å²) in [4.78, 5) is 8.27. The van der Waals surface area contributed by atoms with E-state index in [0.29, 0.717) is 0 Å². The van der Waals surface area contributed by atoms with Gasteiger partial charge in [-0.25, -0.2) is 0 Å². The highest BCUT2D eigenvalue weighted by Gasteiger charge is 2.31. The minimum absolute atomic E-state index is 0.178. The first-order chi connectivity index (χ1) is 16.2. The summed E-state index contributed by atoms with van der Waals surface area (Å²) in [6.45, 7) is 4.87. The van der Waals surface area contributed by atoms with Crippen LogP contribution < -0.4 is 9.47 Å². The number of aromatic nitrogens is 1. The Balaban J connectivity index is 1.35. The van der Waals surface area contributed by atoms with Crippen LogP contribution in [0.25, 0.3) is 22.9 Å². The van der Waals surface area contributed by atoms with Crippen molar-refractivity contribution in [1.82, 2.24) is 0 Å². The Hall–Kier alpha value is -3.28. The van der Waals surface area contributed by atoms with Crippen LogP contribution in [-0.4, -0.2) is 11.8 Å². The summed E-state index contributed by atoms with van der Waals surface area (Å²) >= 11 is 1.90. The van der Waals surface area contributed by atoms with E-state index >= 15 is 0 Å². The SMILES string of the molecule is C=C(OO)[n+]1ccc(/C=C2C=C(/C=C3\Sc4cccc5c4N3CC5)CCC/2)c2ccccc21. The molecule has 1 N–H and O–H groups in total. The van der Waals surface area contributed by atoms with Crippen molar-refractivity contribution in [2.75, 3.05) is 11.4 Å². The maximum atomic E-state index is 9.07. The highest BCUT2D eigenvalue weighted by Crippen LogP contribution is 2.51. The van der Waals surface area contributed by atoms with Crippen molar-refractivity contribution in [2.45, 2.75) is 30.6 Å². The van der Waals surface area contributed by atoms with Gasteiger partial charge in [0.15, 0.2) is 6.20 Å². The molecule has 0 amide bonds. The zero-order chi connectivity index (χ0) is 22.4. The quantitative estimate of drug-likeness (QED) is 0.210. The summed E-state index contributed by atoms with van der Waals surface area (Å²) in [6.07, 6.45) is 13.4. The number of pyridine rings is 1. The largest absolute Gasteiger partial charge is 0.398 e. The summed E-state index contributed by atoms with van der Waals surface area (Å²) < 4.78 is 1.75. The van der Waals surface area contributed by atoms with Crippen molar-refractivity contribution in [3.63, 3.8) is 0 Å².